The standard InChI is InChI=1S/C20H37ClO10/c21-5-6-25-7-8-26-9-10-27-11-12-28-13-14-29-15-16-30-17-18-31-20(24)4-2-1-3-19(22)23/h1-18H2,(H,22,23). The van der Waals surface area contributed by atoms with Crippen LogP contribution in [0.3, 0.4) is 0 Å². The Labute approximate surface area is 189 Å². The number of rotatable bonds is 25. The molecule has 0 spiro atoms. The molecule has 184 valence electrons. The second kappa shape index (κ2) is 25.3. The van der Waals surface area contributed by atoms with Gasteiger partial charge in [0.25, 0.3) is 0 Å². The van der Waals surface area contributed by atoms with E-state index in [0.717, 1.165) is 0 Å². The molecule has 0 radical (unpaired) electrons. The zero-order valence-electron chi connectivity index (χ0n) is 18.2. The molecule has 11 heteroatoms. The molecule has 0 atom stereocenters. The number of hydrogen-bond donors (Lipinski definition) is 1. The third kappa shape index (κ3) is 27.0. The summed E-state index contributed by atoms with van der Waals surface area (Å²) >= 11 is 5.48. The third-order valence-electron chi connectivity index (χ3n) is 3.59. The van der Waals surface area contributed by atoms with Gasteiger partial charge in [0.1, 0.15) is 6.61 Å². The summed E-state index contributed by atoms with van der Waals surface area (Å²) in [5, 5.41) is 8.50. The van der Waals surface area contributed by atoms with Crippen LogP contribution in [0.25, 0.3) is 0 Å². The first-order valence-electron chi connectivity index (χ1n) is 10.6. The van der Waals surface area contributed by atoms with Crippen LogP contribution in [0.2, 0.25) is 0 Å². The number of carbonyl (C=O) groups excluding carboxylic acids is 1. The second-order valence-corrected chi connectivity index (χ2v) is 6.56. The van der Waals surface area contributed by atoms with Crippen molar-refractivity contribution in [3.63, 3.8) is 0 Å². The minimum Gasteiger partial charge on any atom is -0.481 e. The van der Waals surface area contributed by atoms with E-state index in [1.165, 1.54) is 0 Å². The van der Waals surface area contributed by atoms with E-state index in [-0.39, 0.29) is 25.4 Å². The molecule has 0 aliphatic carbocycles. The summed E-state index contributed by atoms with van der Waals surface area (Å²) < 4.78 is 36.9. The van der Waals surface area contributed by atoms with E-state index < -0.39 is 5.97 Å². The predicted octanol–water partition coefficient (Wildman–Crippen LogP) is 1.51. The topological polar surface area (TPSA) is 119 Å². The molecule has 0 rings (SSSR count). The minimum atomic E-state index is -0.858. The zero-order valence-corrected chi connectivity index (χ0v) is 19.0. The van der Waals surface area contributed by atoms with Gasteiger partial charge in [-0.2, -0.15) is 0 Å². The van der Waals surface area contributed by atoms with Crippen LogP contribution >= 0.6 is 11.6 Å². The summed E-state index contributed by atoms with van der Waals surface area (Å²) in [6.45, 7) is 5.82. The molecule has 0 amide bonds. The number of halogens is 1. The quantitative estimate of drug-likeness (QED) is 0.119. The number of alkyl halides is 1. The summed E-state index contributed by atoms with van der Waals surface area (Å²) in [6.07, 6.45) is 1.27. The Bertz CT molecular complexity index is 411. The Kier molecular flexibility index (Phi) is 24.4. The number of esters is 1. The fourth-order valence-electron chi connectivity index (χ4n) is 2.09. The molecule has 1 N–H and O–H groups in total. The monoisotopic (exact) mass is 472 g/mol. The largest absolute Gasteiger partial charge is 0.481 e. The Morgan fingerprint density at radius 1 is 0.548 bits per heavy atom. The van der Waals surface area contributed by atoms with Crippen LogP contribution in [0, 0.1) is 0 Å². The molecular formula is C20H37ClO10. The number of aliphatic carboxylic acids is 1. The van der Waals surface area contributed by atoms with Crippen molar-refractivity contribution in [2.75, 3.05) is 91.8 Å². The van der Waals surface area contributed by atoms with Crippen molar-refractivity contribution in [1.29, 1.82) is 0 Å². The van der Waals surface area contributed by atoms with Gasteiger partial charge in [-0.05, 0) is 12.8 Å². The molecule has 0 bridgehead atoms. The van der Waals surface area contributed by atoms with Gasteiger partial charge in [0.2, 0.25) is 0 Å². The predicted molar refractivity (Wildman–Crippen MR) is 113 cm³/mol. The maximum Gasteiger partial charge on any atom is 0.305 e. The van der Waals surface area contributed by atoms with E-state index >= 15 is 0 Å². The number of carbonyl (C=O) groups is 2. The molecule has 10 nitrogen and oxygen atoms in total. The van der Waals surface area contributed by atoms with Crippen molar-refractivity contribution in [3.05, 3.63) is 0 Å². The molecule has 0 aromatic carbocycles. The van der Waals surface area contributed by atoms with E-state index in [4.69, 9.17) is 49.9 Å². The molecule has 0 aromatic heterocycles. The Balaban J connectivity index is 3.10. The fraction of sp³-hybridized carbons (Fsp3) is 0.900. The lowest BCUT2D eigenvalue weighted by atomic mass is 10.2. The van der Waals surface area contributed by atoms with E-state index in [1.54, 1.807) is 0 Å². The number of unbranched alkanes of at least 4 members (excludes halogenated alkanes) is 1. The molecule has 0 saturated carbocycles. The SMILES string of the molecule is O=C(O)CCCCC(=O)OCCOCCOCCOCCOCCOCCOCCCl. The highest BCUT2D eigenvalue weighted by Gasteiger charge is 2.04. The van der Waals surface area contributed by atoms with Gasteiger partial charge in [0.05, 0.1) is 79.3 Å². The lowest BCUT2D eigenvalue weighted by molar-refractivity contribution is -0.146. The van der Waals surface area contributed by atoms with E-state index in [9.17, 15) is 9.59 Å². The summed E-state index contributed by atoms with van der Waals surface area (Å²) in [5.74, 6) is -0.712. The smallest absolute Gasteiger partial charge is 0.305 e. The van der Waals surface area contributed by atoms with Crippen LogP contribution in [0.15, 0.2) is 0 Å². The maximum atomic E-state index is 11.4. The molecule has 0 saturated heterocycles. The Morgan fingerprint density at radius 3 is 1.29 bits per heavy atom. The average Bonchev–Trinajstić information content (AvgIpc) is 2.75. The molecule has 0 heterocycles. The average molecular weight is 473 g/mol. The number of ether oxygens (including phenoxy) is 7. The van der Waals surface area contributed by atoms with Gasteiger partial charge in [-0.3, -0.25) is 9.59 Å². The van der Waals surface area contributed by atoms with Crippen molar-refractivity contribution in [1.82, 2.24) is 0 Å². The first-order valence-corrected chi connectivity index (χ1v) is 11.1. The number of carboxylic acid groups (broad SMARTS) is 1. The van der Waals surface area contributed by atoms with Gasteiger partial charge in [0, 0.05) is 18.7 Å². The molecule has 0 aromatic rings. The molecular weight excluding hydrogens is 436 g/mol. The van der Waals surface area contributed by atoms with Crippen LogP contribution in [0.1, 0.15) is 25.7 Å². The summed E-state index contributed by atoms with van der Waals surface area (Å²) in [6, 6.07) is 0. The van der Waals surface area contributed by atoms with Gasteiger partial charge in [-0.25, -0.2) is 0 Å². The zero-order chi connectivity index (χ0) is 22.8. The van der Waals surface area contributed by atoms with Crippen molar-refractivity contribution in [2.45, 2.75) is 25.7 Å². The van der Waals surface area contributed by atoms with Gasteiger partial charge < -0.3 is 38.3 Å². The molecule has 0 fully saturated rings. The Hall–Kier alpha value is -1.01. The minimum absolute atomic E-state index is 0.0670. The van der Waals surface area contributed by atoms with Gasteiger partial charge in [0.15, 0.2) is 0 Å². The third-order valence-corrected chi connectivity index (χ3v) is 3.75. The van der Waals surface area contributed by atoms with Crippen molar-refractivity contribution in [3.8, 4) is 0 Å². The van der Waals surface area contributed by atoms with E-state index in [1.807, 2.05) is 0 Å². The van der Waals surface area contributed by atoms with Gasteiger partial charge in [-0.15, -0.1) is 11.6 Å². The second-order valence-electron chi connectivity index (χ2n) is 6.18. The summed E-state index contributed by atoms with van der Waals surface area (Å²) in [7, 11) is 0. The molecule has 0 unspecified atom stereocenters. The van der Waals surface area contributed by atoms with E-state index in [2.05, 4.69) is 0 Å². The molecule has 0 aliphatic heterocycles. The number of hydrogen-bond acceptors (Lipinski definition) is 9. The summed E-state index contributed by atoms with van der Waals surface area (Å²) in [4.78, 5) is 21.7. The number of carboxylic acids is 1. The first-order chi connectivity index (χ1) is 15.2. The maximum absolute atomic E-state index is 11.4. The molecule has 0 aliphatic rings. The highest BCUT2D eigenvalue weighted by Crippen LogP contribution is 2.01. The highest BCUT2D eigenvalue weighted by atomic mass is 35.5. The normalized spacial score (nSPS) is 11.0. The highest BCUT2D eigenvalue weighted by molar-refractivity contribution is 6.17. The Morgan fingerprint density at radius 2 is 0.903 bits per heavy atom. The van der Waals surface area contributed by atoms with Crippen LogP contribution in [0.5, 0.6) is 0 Å². The van der Waals surface area contributed by atoms with Gasteiger partial charge in [-0.1, -0.05) is 0 Å². The van der Waals surface area contributed by atoms with Crippen LogP contribution in [0.4, 0.5) is 0 Å². The lowest BCUT2D eigenvalue weighted by Crippen LogP contribution is -2.15. The van der Waals surface area contributed by atoms with Crippen LogP contribution in [-0.4, -0.2) is 109 Å². The van der Waals surface area contributed by atoms with Gasteiger partial charge >= 0.3 is 11.9 Å². The molecule has 31 heavy (non-hydrogen) atoms. The van der Waals surface area contributed by atoms with Crippen molar-refractivity contribution < 1.29 is 47.9 Å². The van der Waals surface area contributed by atoms with Crippen molar-refractivity contribution >= 4 is 23.5 Å². The van der Waals surface area contributed by atoms with Crippen LogP contribution in [-0.2, 0) is 42.7 Å². The lowest BCUT2D eigenvalue weighted by Gasteiger charge is -2.08. The van der Waals surface area contributed by atoms with Crippen molar-refractivity contribution in [2.24, 2.45) is 0 Å². The van der Waals surface area contributed by atoms with Crippen LogP contribution < -0.4 is 0 Å². The van der Waals surface area contributed by atoms with E-state index in [0.29, 0.717) is 98.0 Å². The first kappa shape index (κ1) is 30.0. The summed E-state index contributed by atoms with van der Waals surface area (Å²) in [5.41, 5.74) is 0. The fourth-order valence-corrected chi connectivity index (χ4v) is 2.20.